The summed E-state index contributed by atoms with van der Waals surface area (Å²) in [5.41, 5.74) is 5.92. The SMILES string of the molecule is COc1ccc(-c2ccc(C(=O)NCCC(=O)O)nc2)c(CNc2ccc(-c3ccc(Cl)c(Cl)c3)cc2)c1. The van der Waals surface area contributed by atoms with Gasteiger partial charge in [-0.25, -0.2) is 0 Å². The minimum absolute atomic E-state index is 0.0420. The Morgan fingerprint density at radius 2 is 1.63 bits per heavy atom. The van der Waals surface area contributed by atoms with E-state index in [4.69, 9.17) is 33.0 Å². The number of hydrogen-bond acceptors (Lipinski definition) is 5. The summed E-state index contributed by atoms with van der Waals surface area (Å²) in [6.07, 6.45) is 1.48. The number of carbonyl (C=O) groups is 2. The molecule has 0 fully saturated rings. The van der Waals surface area contributed by atoms with Crippen LogP contribution in [0.2, 0.25) is 10.0 Å². The number of nitrogens with zero attached hydrogens (tertiary/aromatic N) is 1. The first-order chi connectivity index (χ1) is 18.3. The summed E-state index contributed by atoms with van der Waals surface area (Å²) in [4.78, 5) is 27.1. The smallest absolute Gasteiger partial charge is 0.305 e. The van der Waals surface area contributed by atoms with Gasteiger partial charge in [0, 0.05) is 30.5 Å². The number of halogens is 2. The maximum absolute atomic E-state index is 12.2. The molecule has 1 amide bonds. The predicted octanol–water partition coefficient (Wildman–Crippen LogP) is 6.55. The van der Waals surface area contributed by atoms with Crippen molar-refractivity contribution < 1.29 is 19.4 Å². The topological polar surface area (TPSA) is 101 Å². The van der Waals surface area contributed by atoms with Gasteiger partial charge in [-0.15, -0.1) is 0 Å². The number of hydrogen-bond donors (Lipinski definition) is 3. The van der Waals surface area contributed by atoms with Crippen molar-refractivity contribution in [1.82, 2.24) is 10.3 Å². The van der Waals surface area contributed by atoms with E-state index in [0.29, 0.717) is 16.6 Å². The van der Waals surface area contributed by atoms with Crippen LogP contribution in [-0.2, 0) is 11.3 Å². The lowest BCUT2D eigenvalue weighted by molar-refractivity contribution is -0.136. The van der Waals surface area contributed by atoms with E-state index < -0.39 is 11.9 Å². The van der Waals surface area contributed by atoms with E-state index in [0.717, 1.165) is 39.3 Å². The fourth-order valence-electron chi connectivity index (χ4n) is 3.84. The Hall–Kier alpha value is -4.07. The van der Waals surface area contributed by atoms with Crippen LogP contribution in [-0.4, -0.2) is 35.6 Å². The largest absolute Gasteiger partial charge is 0.497 e. The van der Waals surface area contributed by atoms with Gasteiger partial charge >= 0.3 is 5.97 Å². The van der Waals surface area contributed by atoms with Gasteiger partial charge in [-0.1, -0.05) is 53.5 Å². The number of benzene rings is 3. The lowest BCUT2D eigenvalue weighted by Gasteiger charge is -2.14. The maximum Gasteiger partial charge on any atom is 0.305 e. The van der Waals surface area contributed by atoms with Crippen LogP contribution in [0.1, 0.15) is 22.5 Å². The highest BCUT2D eigenvalue weighted by Gasteiger charge is 2.12. The minimum Gasteiger partial charge on any atom is -0.497 e. The highest BCUT2D eigenvalue weighted by Crippen LogP contribution is 2.30. The van der Waals surface area contributed by atoms with E-state index in [9.17, 15) is 9.59 Å². The summed E-state index contributed by atoms with van der Waals surface area (Å²) in [6.45, 7) is 0.566. The summed E-state index contributed by atoms with van der Waals surface area (Å²) < 4.78 is 5.43. The van der Waals surface area contributed by atoms with Crippen molar-refractivity contribution in [3.8, 4) is 28.0 Å². The molecule has 3 aromatic carbocycles. The van der Waals surface area contributed by atoms with Gasteiger partial charge in [-0.05, 0) is 64.7 Å². The zero-order valence-electron chi connectivity index (χ0n) is 20.5. The number of nitrogens with one attached hydrogen (secondary N) is 2. The number of aromatic nitrogens is 1. The van der Waals surface area contributed by atoms with Gasteiger partial charge < -0.3 is 20.5 Å². The zero-order valence-corrected chi connectivity index (χ0v) is 22.0. The average molecular weight is 550 g/mol. The Balaban J connectivity index is 1.48. The molecule has 194 valence electrons. The lowest BCUT2D eigenvalue weighted by atomic mass is 10.00. The van der Waals surface area contributed by atoms with Gasteiger partial charge in [0.05, 0.1) is 23.6 Å². The summed E-state index contributed by atoms with van der Waals surface area (Å²) in [5.74, 6) is -0.668. The fraction of sp³-hybridized carbons (Fsp3) is 0.138. The van der Waals surface area contributed by atoms with Crippen LogP contribution in [0.4, 0.5) is 5.69 Å². The van der Waals surface area contributed by atoms with Crippen LogP contribution in [0.15, 0.2) is 79.0 Å². The van der Waals surface area contributed by atoms with Crippen LogP contribution in [0.5, 0.6) is 5.75 Å². The molecule has 0 bridgehead atoms. The monoisotopic (exact) mass is 549 g/mol. The van der Waals surface area contributed by atoms with Crippen LogP contribution in [0.3, 0.4) is 0 Å². The quantitative estimate of drug-likeness (QED) is 0.207. The molecule has 9 heteroatoms. The number of anilines is 1. The highest BCUT2D eigenvalue weighted by atomic mass is 35.5. The number of aliphatic carboxylic acids is 1. The molecule has 1 heterocycles. The Morgan fingerprint density at radius 1 is 0.895 bits per heavy atom. The van der Waals surface area contributed by atoms with Crippen molar-refractivity contribution in [3.05, 3.63) is 100 Å². The lowest BCUT2D eigenvalue weighted by Crippen LogP contribution is -2.26. The molecular weight excluding hydrogens is 525 g/mol. The summed E-state index contributed by atoms with van der Waals surface area (Å²) in [7, 11) is 1.62. The number of carboxylic acids is 1. The number of ether oxygens (including phenoxy) is 1. The van der Waals surface area contributed by atoms with Gasteiger partial charge in [-0.2, -0.15) is 0 Å². The number of amides is 1. The van der Waals surface area contributed by atoms with Crippen molar-refractivity contribution >= 4 is 40.8 Å². The highest BCUT2D eigenvalue weighted by molar-refractivity contribution is 6.42. The van der Waals surface area contributed by atoms with E-state index >= 15 is 0 Å². The number of methoxy groups -OCH3 is 1. The average Bonchev–Trinajstić information content (AvgIpc) is 2.93. The van der Waals surface area contributed by atoms with Crippen LogP contribution in [0, 0.1) is 0 Å². The summed E-state index contributed by atoms with van der Waals surface area (Å²) in [5, 5.41) is 15.8. The van der Waals surface area contributed by atoms with Gasteiger partial charge in [0.25, 0.3) is 5.91 Å². The molecule has 0 unspecified atom stereocenters. The Bertz CT molecular complexity index is 1440. The van der Waals surface area contributed by atoms with E-state index in [1.165, 1.54) is 0 Å². The first kappa shape index (κ1) is 27.0. The van der Waals surface area contributed by atoms with E-state index in [1.807, 2.05) is 60.7 Å². The second-order valence-electron chi connectivity index (χ2n) is 8.41. The number of rotatable bonds is 10. The number of pyridine rings is 1. The second-order valence-corrected chi connectivity index (χ2v) is 9.23. The zero-order chi connectivity index (χ0) is 27.1. The van der Waals surface area contributed by atoms with Crippen molar-refractivity contribution in [2.75, 3.05) is 19.0 Å². The van der Waals surface area contributed by atoms with Crippen LogP contribution >= 0.6 is 23.2 Å². The fourth-order valence-corrected chi connectivity index (χ4v) is 4.14. The molecule has 0 aliphatic carbocycles. The van der Waals surface area contributed by atoms with Crippen molar-refractivity contribution in [3.63, 3.8) is 0 Å². The molecule has 1 aromatic heterocycles. The summed E-state index contributed by atoms with van der Waals surface area (Å²) in [6, 6.07) is 22.8. The first-order valence-corrected chi connectivity index (χ1v) is 12.5. The first-order valence-electron chi connectivity index (χ1n) is 11.8. The molecule has 0 atom stereocenters. The molecule has 3 N–H and O–H groups in total. The molecule has 38 heavy (non-hydrogen) atoms. The van der Waals surface area contributed by atoms with Crippen molar-refractivity contribution in [2.45, 2.75) is 13.0 Å². The third kappa shape index (κ3) is 6.82. The molecule has 0 radical (unpaired) electrons. The molecule has 0 aliphatic heterocycles. The van der Waals surface area contributed by atoms with Crippen LogP contribution < -0.4 is 15.4 Å². The van der Waals surface area contributed by atoms with Gasteiger partial charge in [0.2, 0.25) is 0 Å². The molecule has 7 nitrogen and oxygen atoms in total. The molecule has 0 spiro atoms. The van der Waals surface area contributed by atoms with E-state index in [-0.39, 0.29) is 18.7 Å². The van der Waals surface area contributed by atoms with Gasteiger partial charge in [-0.3, -0.25) is 14.6 Å². The Labute approximate surface area is 230 Å². The molecule has 4 rings (SSSR count). The van der Waals surface area contributed by atoms with E-state index in [2.05, 4.69) is 15.6 Å². The Kier molecular flexibility index (Phi) is 8.84. The van der Waals surface area contributed by atoms with Gasteiger partial charge in [0.15, 0.2) is 0 Å². The second kappa shape index (κ2) is 12.4. The molecular formula is C29H25Cl2N3O4. The molecule has 0 saturated heterocycles. The third-order valence-electron chi connectivity index (χ3n) is 5.86. The van der Waals surface area contributed by atoms with E-state index in [1.54, 1.807) is 25.4 Å². The predicted molar refractivity (Wildman–Crippen MR) is 150 cm³/mol. The minimum atomic E-state index is -0.975. The van der Waals surface area contributed by atoms with Crippen molar-refractivity contribution in [2.24, 2.45) is 0 Å². The standard InChI is InChI=1S/C29H25Cl2N3O4/c1-38-23-8-9-24(20-5-11-27(34-16-20)29(37)32-13-12-28(35)36)21(14-23)17-33-22-6-2-18(3-7-22)19-4-10-25(30)26(31)15-19/h2-11,14-16,33H,12-13,17H2,1H3,(H,32,37)(H,35,36). The molecule has 4 aromatic rings. The normalized spacial score (nSPS) is 10.6. The summed E-state index contributed by atoms with van der Waals surface area (Å²) >= 11 is 12.2. The molecule has 0 saturated carbocycles. The van der Waals surface area contributed by atoms with Crippen LogP contribution in [0.25, 0.3) is 22.3 Å². The Morgan fingerprint density at radius 3 is 2.29 bits per heavy atom. The van der Waals surface area contributed by atoms with Crippen molar-refractivity contribution in [1.29, 1.82) is 0 Å². The van der Waals surface area contributed by atoms with Gasteiger partial charge in [0.1, 0.15) is 11.4 Å². The number of carboxylic acid groups (broad SMARTS) is 1. The molecule has 0 aliphatic rings. The third-order valence-corrected chi connectivity index (χ3v) is 6.60. The number of carbonyl (C=O) groups excluding carboxylic acids is 1. The maximum atomic E-state index is 12.2.